The predicted molar refractivity (Wildman–Crippen MR) is 44.1 cm³/mol. The van der Waals surface area contributed by atoms with Crippen molar-refractivity contribution in [2.75, 3.05) is 0 Å². The number of halogens is 1. The van der Waals surface area contributed by atoms with Crippen LogP contribution in [0.15, 0.2) is 12.9 Å². The number of rotatable bonds is 2. The van der Waals surface area contributed by atoms with E-state index in [0.29, 0.717) is 0 Å². The van der Waals surface area contributed by atoms with Gasteiger partial charge in [-0.05, 0) is 6.08 Å². The van der Waals surface area contributed by atoms with Gasteiger partial charge in [0.2, 0.25) is 0 Å². The van der Waals surface area contributed by atoms with Crippen molar-refractivity contribution in [1.82, 2.24) is 9.97 Å². The summed E-state index contributed by atoms with van der Waals surface area (Å²) < 4.78 is 0. The Morgan fingerprint density at radius 2 is 2.33 bits per heavy atom. The van der Waals surface area contributed by atoms with Crippen molar-refractivity contribution >= 4 is 23.6 Å². The second-order valence-corrected chi connectivity index (χ2v) is 2.29. The van der Waals surface area contributed by atoms with Crippen molar-refractivity contribution in [1.29, 1.82) is 0 Å². The summed E-state index contributed by atoms with van der Waals surface area (Å²) in [5.41, 5.74) is 0.108. The van der Waals surface area contributed by atoms with E-state index in [2.05, 4.69) is 16.5 Å². The van der Waals surface area contributed by atoms with Gasteiger partial charge in [0, 0.05) is 0 Å². The molecular weight excluding hydrogens is 180 g/mol. The van der Waals surface area contributed by atoms with Crippen LogP contribution in [0.5, 0.6) is 0 Å². The number of carboxylic acids is 1. The van der Waals surface area contributed by atoms with E-state index in [4.69, 9.17) is 16.7 Å². The lowest BCUT2D eigenvalue weighted by molar-refractivity contribution is 0.0696. The van der Waals surface area contributed by atoms with Gasteiger partial charge in [-0.15, -0.1) is 0 Å². The van der Waals surface area contributed by atoms with Gasteiger partial charge < -0.3 is 5.11 Å². The van der Waals surface area contributed by atoms with Crippen LogP contribution in [0.2, 0.25) is 5.15 Å². The summed E-state index contributed by atoms with van der Waals surface area (Å²) in [5.74, 6) is -1.16. The summed E-state index contributed by atoms with van der Waals surface area (Å²) in [6, 6.07) is 0. The van der Waals surface area contributed by atoms with Gasteiger partial charge in [-0.3, -0.25) is 0 Å². The van der Waals surface area contributed by atoms with Gasteiger partial charge in [-0.1, -0.05) is 18.2 Å². The Hall–Kier alpha value is -1.42. The van der Waals surface area contributed by atoms with Crippen LogP contribution in [-0.2, 0) is 0 Å². The van der Waals surface area contributed by atoms with Crippen LogP contribution in [-0.4, -0.2) is 21.0 Å². The molecule has 1 aromatic rings. The molecule has 0 saturated heterocycles. The van der Waals surface area contributed by atoms with Gasteiger partial charge in [0.1, 0.15) is 17.0 Å². The molecule has 1 heterocycles. The van der Waals surface area contributed by atoms with Crippen molar-refractivity contribution in [3.05, 3.63) is 29.3 Å². The summed E-state index contributed by atoms with van der Waals surface area (Å²) in [6.45, 7) is 3.40. The first-order valence-corrected chi connectivity index (χ1v) is 3.41. The zero-order chi connectivity index (χ0) is 9.14. The van der Waals surface area contributed by atoms with Crippen LogP contribution < -0.4 is 0 Å². The fourth-order valence-corrected chi connectivity index (χ4v) is 0.950. The Morgan fingerprint density at radius 1 is 1.67 bits per heavy atom. The average Bonchev–Trinajstić information content (AvgIpc) is 2.03. The number of carbonyl (C=O) groups is 1. The monoisotopic (exact) mass is 184 g/mol. The zero-order valence-corrected chi connectivity index (χ0v) is 6.75. The second kappa shape index (κ2) is 3.32. The Labute approximate surface area is 73.5 Å². The number of carboxylic acid groups (broad SMARTS) is 1. The maximum Gasteiger partial charge on any atom is 0.341 e. The third kappa shape index (κ3) is 1.43. The molecule has 0 radical (unpaired) electrons. The van der Waals surface area contributed by atoms with Gasteiger partial charge >= 0.3 is 5.97 Å². The quantitative estimate of drug-likeness (QED) is 0.707. The fourth-order valence-electron chi connectivity index (χ4n) is 0.729. The van der Waals surface area contributed by atoms with Gasteiger partial charge in [0.25, 0.3) is 0 Å². The second-order valence-electron chi connectivity index (χ2n) is 1.93. The van der Waals surface area contributed by atoms with E-state index in [9.17, 15) is 4.79 Å². The molecule has 1 N–H and O–H groups in total. The van der Waals surface area contributed by atoms with Crippen LogP contribution in [0.4, 0.5) is 0 Å². The van der Waals surface area contributed by atoms with E-state index < -0.39 is 5.97 Å². The first-order chi connectivity index (χ1) is 5.66. The summed E-state index contributed by atoms with van der Waals surface area (Å²) >= 11 is 5.52. The molecule has 0 aliphatic rings. The molecule has 0 aromatic carbocycles. The molecule has 0 spiro atoms. The van der Waals surface area contributed by atoms with E-state index >= 15 is 0 Å². The molecule has 12 heavy (non-hydrogen) atoms. The van der Waals surface area contributed by atoms with Crippen molar-refractivity contribution in [3.8, 4) is 0 Å². The Kier molecular flexibility index (Phi) is 2.40. The molecule has 0 saturated carbocycles. The third-order valence-electron chi connectivity index (χ3n) is 1.24. The topological polar surface area (TPSA) is 63.1 Å². The number of hydrogen-bond donors (Lipinski definition) is 1. The van der Waals surface area contributed by atoms with Gasteiger partial charge in [-0.25, -0.2) is 14.8 Å². The standard InChI is InChI=1S/C7H5ClN2O2/c1-2-4-5(7(11)12)6(8)10-3-9-4/h2-3H,1H2,(H,11,12). The van der Waals surface area contributed by atoms with E-state index in [1.54, 1.807) is 0 Å². The Morgan fingerprint density at radius 3 is 2.75 bits per heavy atom. The molecule has 62 valence electrons. The fraction of sp³-hybridized carbons (Fsp3) is 0. The number of nitrogens with zero attached hydrogens (tertiary/aromatic N) is 2. The molecule has 0 atom stereocenters. The van der Waals surface area contributed by atoms with Crippen molar-refractivity contribution in [2.45, 2.75) is 0 Å². The predicted octanol–water partition coefficient (Wildman–Crippen LogP) is 1.47. The van der Waals surface area contributed by atoms with Crippen molar-refractivity contribution < 1.29 is 9.90 Å². The molecule has 5 heteroatoms. The average molecular weight is 185 g/mol. The summed E-state index contributed by atoms with van der Waals surface area (Å²) in [6.07, 6.45) is 2.50. The maximum absolute atomic E-state index is 10.6. The van der Waals surface area contributed by atoms with Crippen molar-refractivity contribution in [3.63, 3.8) is 0 Å². The number of aromatic carboxylic acids is 1. The number of hydrogen-bond acceptors (Lipinski definition) is 3. The van der Waals surface area contributed by atoms with Crippen molar-refractivity contribution in [2.24, 2.45) is 0 Å². The highest BCUT2D eigenvalue weighted by atomic mass is 35.5. The lowest BCUT2D eigenvalue weighted by Gasteiger charge is -1.99. The SMILES string of the molecule is C=Cc1ncnc(Cl)c1C(=O)O. The van der Waals surface area contributed by atoms with E-state index in [1.807, 2.05) is 0 Å². The molecule has 0 aliphatic heterocycles. The maximum atomic E-state index is 10.6. The summed E-state index contributed by atoms with van der Waals surface area (Å²) in [4.78, 5) is 17.8. The molecule has 4 nitrogen and oxygen atoms in total. The molecule has 0 fully saturated rings. The largest absolute Gasteiger partial charge is 0.478 e. The van der Waals surface area contributed by atoms with E-state index in [1.165, 1.54) is 12.4 Å². The Bertz CT molecular complexity index is 338. The molecule has 0 bridgehead atoms. The lowest BCUT2D eigenvalue weighted by atomic mass is 10.2. The summed E-state index contributed by atoms with van der Waals surface area (Å²) in [5, 5.41) is 8.59. The number of aromatic nitrogens is 2. The minimum atomic E-state index is -1.16. The highest BCUT2D eigenvalue weighted by Gasteiger charge is 2.14. The van der Waals surface area contributed by atoms with Gasteiger partial charge in [0.05, 0.1) is 5.69 Å². The molecule has 0 aliphatic carbocycles. The summed E-state index contributed by atoms with van der Waals surface area (Å²) in [7, 11) is 0. The molecule has 1 rings (SSSR count). The molecule has 0 amide bonds. The molecule has 0 unspecified atom stereocenters. The van der Waals surface area contributed by atoms with E-state index in [-0.39, 0.29) is 16.4 Å². The minimum Gasteiger partial charge on any atom is -0.478 e. The van der Waals surface area contributed by atoms with E-state index in [0.717, 1.165) is 0 Å². The normalized spacial score (nSPS) is 9.42. The smallest absolute Gasteiger partial charge is 0.341 e. The zero-order valence-electron chi connectivity index (χ0n) is 5.99. The van der Waals surface area contributed by atoms with Crippen LogP contribution in [0.1, 0.15) is 16.1 Å². The molecule has 1 aromatic heterocycles. The lowest BCUT2D eigenvalue weighted by Crippen LogP contribution is -2.03. The first-order valence-electron chi connectivity index (χ1n) is 3.03. The minimum absolute atomic E-state index is 0.0765. The third-order valence-corrected chi connectivity index (χ3v) is 1.52. The van der Waals surface area contributed by atoms with Crippen LogP contribution >= 0.6 is 11.6 Å². The first kappa shape index (κ1) is 8.67. The van der Waals surface area contributed by atoms with Gasteiger partial charge in [-0.2, -0.15) is 0 Å². The van der Waals surface area contributed by atoms with Gasteiger partial charge in [0.15, 0.2) is 0 Å². The van der Waals surface area contributed by atoms with Crippen LogP contribution in [0.25, 0.3) is 6.08 Å². The Balaban J connectivity index is 3.39. The van der Waals surface area contributed by atoms with Crippen LogP contribution in [0, 0.1) is 0 Å². The van der Waals surface area contributed by atoms with Crippen LogP contribution in [0.3, 0.4) is 0 Å². The highest BCUT2D eigenvalue weighted by molar-refractivity contribution is 6.32. The molecular formula is C7H5ClN2O2. The highest BCUT2D eigenvalue weighted by Crippen LogP contribution is 2.15.